The topological polar surface area (TPSA) is 103 Å². The van der Waals surface area contributed by atoms with Gasteiger partial charge in [-0.1, -0.05) is 12.1 Å². The Hall–Kier alpha value is -4.34. The van der Waals surface area contributed by atoms with Crippen molar-refractivity contribution >= 4 is 23.5 Å². The highest BCUT2D eigenvalue weighted by Crippen LogP contribution is 2.28. The standard InChI is InChI=1S/C29H34N4O6/c1-4-38-28(35)15-14-27(34)32-18-16-31(17-19-32)22-8-6-21(7-9-22)26-20-25(29(36)39-5-2)30-33(26)23-10-12-24(37-3)13-11-23/h6-13,20H,4-5,14-19H2,1-3H3. The number of carbonyl (C=O) groups excluding carboxylic acids is 3. The minimum absolute atomic E-state index is 0.0257. The molecule has 2 aromatic carbocycles. The van der Waals surface area contributed by atoms with E-state index in [1.165, 1.54) is 0 Å². The van der Waals surface area contributed by atoms with Crippen LogP contribution in [-0.2, 0) is 19.1 Å². The average Bonchev–Trinajstić information content (AvgIpc) is 3.42. The number of nitrogens with zero attached hydrogens (tertiary/aromatic N) is 4. The summed E-state index contributed by atoms with van der Waals surface area (Å²) in [6, 6.07) is 17.2. The minimum atomic E-state index is -0.475. The lowest BCUT2D eigenvalue weighted by molar-refractivity contribution is -0.145. The maximum atomic E-state index is 12.5. The highest BCUT2D eigenvalue weighted by Gasteiger charge is 2.23. The van der Waals surface area contributed by atoms with Crippen molar-refractivity contribution in [3.05, 3.63) is 60.3 Å². The van der Waals surface area contributed by atoms with Gasteiger partial charge in [-0.2, -0.15) is 5.10 Å². The third kappa shape index (κ3) is 6.76. The molecule has 0 atom stereocenters. The molecule has 3 aromatic rings. The summed E-state index contributed by atoms with van der Waals surface area (Å²) in [5.74, 6) is -0.116. The third-order valence-electron chi connectivity index (χ3n) is 6.52. The Kier molecular flexibility index (Phi) is 9.19. The first-order chi connectivity index (χ1) is 18.9. The SMILES string of the molecule is CCOC(=O)CCC(=O)N1CCN(c2ccc(-c3cc(C(=O)OCC)nn3-c3ccc(OC)cc3)cc2)CC1. The molecule has 1 aliphatic rings. The van der Waals surface area contributed by atoms with E-state index in [0.29, 0.717) is 32.8 Å². The van der Waals surface area contributed by atoms with Gasteiger partial charge < -0.3 is 24.0 Å². The average molecular weight is 535 g/mol. The van der Waals surface area contributed by atoms with Gasteiger partial charge in [-0.05, 0) is 56.3 Å². The molecule has 10 nitrogen and oxygen atoms in total. The second-order valence-electron chi connectivity index (χ2n) is 8.96. The first kappa shape index (κ1) is 27.7. The predicted octanol–water partition coefficient (Wildman–Crippen LogP) is 3.72. The highest BCUT2D eigenvalue weighted by molar-refractivity contribution is 5.89. The smallest absolute Gasteiger partial charge is 0.358 e. The lowest BCUT2D eigenvalue weighted by Crippen LogP contribution is -2.48. The number of piperazine rings is 1. The van der Waals surface area contributed by atoms with Crippen LogP contribution in [0.1, 0.15) is 37.2 Å². The fourth-order valence-electron chi connectivity index (χ4n) is 4.47. The Bertz CT molecular complexity index is 1280. The van der Waals surface area contributed by atoms with Crippen LogP contribution >= 0.6 is 0 Å². The Labute approximate surface area is 228 Å². The summed E-state index contributed by atoms with van der Waals surface area (Å²) in [6.45, 7) is 6.68. The van der Waals surface area contributed by atoms with Crippen molar-refractivity contribution in [3.8, 4) is 22.7 Å². The summed E-state index contributed by atoms with van der Waals surface area (Å²) in [5, 5.41) is 4.53. The molecule has 1 aromatic heterocycles. The van der Waals surface area contributed by atoms with E-state index < -0.39 is 5.97 Å². The number of aromatic nitrogens is 2. The number of rotatable bonds is 10. The van der Waals surface area contributed by atoms with Gasteiger partial charge in [-0.25, -0.2) is 9.48 Å². The van der Waals surface area contributed by atoms with Gasteiger partial charge >= 0.3 is 11.9 Å². The lowest BCUT2D eigenvalue weighted by atomic mass is 10.1. The number of ether oxygens (including phenoxy) is 3. The van der Waals surface area contributed by atoms with E-state index >= 15 is 0 Å². The zero-order valence-corrected chi connectivity index (χ0v) is 22.6. The summed E-state index contributed by atoms with van der Waals surface area (Å²) in [7, 11) is 1.61. The molecular formula is C29H34N4O6. The predicted molar refractivity (Wildman–Crippen MR) is 146 cm³/mol. The molecule has 1 fully saturated rings. The van der Waals surface area contributed by atoms with E-state index in [1.807, 2.05) is 48.5 Å². The van der Waals surface area contributed by atoms with Crippen LogP contribution in [0.25, 0.3) is 16.9 Å². The monoisotopic (exact) mass is 534 g/mol. The number of amides is 1. The minimum Gasteiger partial charge on any atom is -0.497 e. The Morgan fingerprint density at radius 2 is 1.46 bits per heavy atom. The molecule has 0 bridgehead atoms. The summed E-state index contributed by atoms with van der Waals surface area (Å²) in [6.07, 6.45) is 0.280. The van der Waals surface area contributed by atoms with Crippen LogP contribution in [0.15, 0.2) is 54.6 Å². The third-order valence-corrected chi connectivity index (χ3v) is 6.52. The van der Waals surface area contributed by atoms with Crippen LogP contribution in [0, 0.1) is 0 Å². The molecule has 0 unspecified atom stereocenters. The summed E-state index contributed by atoms with van der Waals surface area (Å²) >= 11 is 0. The largest absolute Gasteiger partial charge is 0.497 e. The van der Waals surface area contributed by atoms with Crippen LogP contribution in [0.4, 0.5) is 5.69 Å². The molecule has 39 heavy (non-hydrogen) atoms. The van der Waals surface area contributed by atoms with Gasteiger partial charge in [0.25, 0.3) is 0 Å². The number of hydrogen-bond acceptors (Lipinski definition) is 8. The molecule has 206 valence electrons. The van der Waals surface area contributed by atoms with Crippen LogP contribution < -0.4 is 9.64 Å². The van der Waals surface area contributed by atoms with E-state index in [9.17, 15) is 14.4 Å². The van der Waals surface area contributed by atoms with E-state index in [2.05, 4.69) is 10.00 Å². The number of methoxy groups -OCH3 is 1. The van der Waals surface area contributed by atoms with E-state index in [0.717, 1.165) is 28.4 Å². The van der Waals surface area contributed by atoms with E-state index in [1.54, 1.807) is 36.6 Å². The maximum absolute atomic E-state index is 12.5. The Morgan fingerprint density at radius 3 is 2.08 bits per heavy atom. The second kappa shape index (κ2) is 12.9. The van der Waals surface area contributed by atoms with Crippen molar-refractivity contribution in [2.45, 2.75) is 26.7 Å². The maximum Gasteiger partial charge on any atom is 0.358 e. The van der Waals surface area contributed by atoms with E-state index in [-0.39, 0.29) is 37.0 Å². The quantitative estimate of drug-likeness (QED) is 0.363. The van der Waals surface area contributed by atoms with Crippen LogP contribution in [-0.4, -0.2) is 79.0 Å². The molecule has 1 saturated heterocycles. The Balaban J connectivity index is 1.46. The summed E-state index contributed by atoms with van der Waals surface area (Å²) in [4.78, 5) is 40.5. The molecule has 0 aliphatic carbocycles. The first-order valence-electron chi connectivity index (χ1n) is 13.1. The molecule has 1 aliphatic heterocycles. The molecule has 10 heteroatoms. The van der Waals surface area contributed by atoms with Gasteiger partial charge in [0.15, 0.2) is 5.69 Å². The zero-order valence-electron chi connectivity index (χ0n) is 22.6. The van der Waals surface area contributed by atoms with Gasteiger partial charge in [-0.3, -0.25) is 9.59 Å². The molecular weight excluding hydrogens is 500 g/mol. The molecule has 4 rings (SSSR count). The van der Waals surface area contributed by atoms with Gasteiger partial charge in [0.2, 0.25) is 5.91 Å². The van der Waals surface area contributed by atoms with Gasteiger partial charge in [0.05, 0.1) is 38.1 Å². The van der Waals surface area contributed by atoms with Crippen molar-refractivity contribution in [3.63, 3.8) is 0 Å². The van der Waals surface area contributed by atoms with Gasteiger partial charge in [-0.15, -0.1) is 0 Å². The molecule has 0 saturated carbocycles. The van der Waals surface area contributed by atoms with Crippen molar-refractivity contribution in [1.29, 1.82) is 0 Å². The molecule has 2 heterocycles. The number of carbonyl (C=O) groups is 3. The zero-order chi connectivity index (χ0) is 27.8. The van der Waals surface area contributed by atoms with Crippen molar-refractivity contribution in [1.82, 2.24) is 14.7 Å². The van der Waals surface area contributed by atoms with Crippen LogP contribution in [0.5, 0.6) is 5.75 Å². The lowest BCUT2D eigenvalue weighted by Gasteiger charge is -2.36. The molecule has 0 N–H and O–H groups in total. The first-order valence-corrected chi connectivity index (χ1v) is 13.1. The second-order valence-corrected chi connectivity index (χ2v) is 8.96. The van der Waals surface area contributed by atoms with Crippen molar-refractivity contribution in [2.75, 3.05) is 51.4 Å². The summed E-state index contributed by atoms with van der Waals surface area (Å²) < 4.78 is 17.1. The molecule has 0 radical (unpaired) electrons. The van der Waals surface area contributed by atoms with Gasteiger partial charge in [0.1, 0.15) is 5.75 Å². The number of anilines is 1. The molecule has 0 spiro atoms. The fraction of sp³-hybridized carbons (Fsp3) is 0.379. The normalized spacial score (nSPS) is 13.2. The van der Waals surface area contributed by atoms with E-state index in [4.69, 9.17) is 14.2 Å². The number of benzene rings is 2. The van der Waals surface area contributed by atoms with Crippen LogP contribution in [0.2, 0.25) is 0 Å². The number of hydrogen-bond donors (Lipinski definition) is 0. The highest BCUT2D eigenvalue weighted by atomic mass is 16.5. The van der Waals surface area contributed by atoms with Crippen LogP contribution in [0.3, 0.4) is 0 Å². The van der Waals surface area contributed by atoms with Crippen molar-refractivity contribution in [2.24, 2.45) is 0 Å². The number of esters is 2. The fourth-order valence-corrected chi connectivity index (χ4v) is 4.47. The summed E-state index contributed by atoms with van der Waals surface area (Å²) in [5.41, 5.74) is 3.71. The molecule has 1 amide bonds. The Morgan fingerprint density at radius 1 is 0.821 bits per heavy atom. The van der Waals surface area contributed by atoms with Crippen molar-refractivity contribution < 1.29 is 28.6 Å². The van der Waals surface area contributed by atoms with Gasteiger partial charge in [0, 0.05) is 43.9 Å².